The van der Waals surface area contributed by atoms with Gasteiger partial charge in [0.15, 0.2) is 0 Å². The summed E-state index contributed by atoms with van der Waals surface area (Å²) in [6, 6.07) is 5.69. The van der Waals surface area contributed by atoms with Crippen molar-refractivity contribution >= 4 is 44.9 Å². The molecule has 0 saturated heterocycles. The molecule has 20 heavy (non-hydrogen) atoms. The third-order valence-corrected chi connectivity index (χ3v) is 3.69. The van der Waals surface area contributed by atoms with E-state index in [2.05, 4.69) is 50.4 Å². The van der Waals surface area contributed by atoms with E-state index in [0.717, 1.165) is 27.4 Å². The van der Waals surface area contributed by atoms with E-state index in [-0.39, 0.29) is 5.92 Å². The van der Waals surface area contributed by atoms with Gasteiger partial charge in [0.25, 0.3) is 0 Å². The Hall–Kier alpha value is -1.33. The number of nitrogens with one attached hydrogen (secondary N) is 2. The lowest BCUT2D eigenvalue weighted by Gasteiger charge is -2.17. The van der Waals surface area contributed by atoms with E-state index in [9.17, 15) is 0 Å². The van der Waals surface area contributed by atoms with E-state index in [1.807, 2.05) is 25.2 Å². The van der Waals surface area contributed by atoms with Gasteiger partial charge >= 0.3 is 0 Å². The van der Waals surface area contributed by atoms with Crippen molar-refractivity contribution in [1.82, 2.24) is 9.97 Å². The number of benzene rings is 1. The molecule has 0 unspecified atom stereocenters. The Morgan fingerprint density at radius 2 is 1.90 bits per heavy atom. The van der Waals surface area contributed by atoms with Gasteiger partial charge in [-0.2, -0.15) is 0 Å². The lowest BCUT2D eigenvalue weighted by atomic mass is 10.0. The van der Waals surface area contributed by atoms with Crippen LogP contribution in [0.2, 0.25) is 5.02 Å². The number of hydrogen-bond donors (Lipinski definition) is 2. The average molecular weight is 356 g/mol. The summed E-state index contributed by atoms with van der Waals surface area (Å²) in [5.74, 6) is 1.88. The molecule has 0 aliphatic heterocycles. The molecule has 0 saturated carbocycles. The maximum absolute atomic E-state index is 6.23. The normalized spacial score (nSPS) is 10.7. The second-order valence-electron chi connectivity index (χ2n) is 4.64. The third kappa shape index (κ3) is 3.22. The number of rotatable bonds is 4. The van der Waals surface area contributed by atoms with Crippen molar-refractivity contribution in [3.63, 3.8) is 0 Å². The Morgan fingerprint density at radius 3 is 2.50 bits per heavy atom. The van der Waals surface area contributed by atoms with Gasteiger partial charge in [-0.3, -0.25) is 0 Å². The van der Waals surface area contributed by atoms with Crippen LogP contribution in [-0.4, -0.2) is 17.0 Å². The minimum Gasteiger partial charge on any atom is -0.373 e. The Morgan fingerprint density at radius 1 is 1.20 bits per heavy atom. The van der Waals surface area contributed by atoms with E-state index < -0.39 is 0 Å². The van der Waals surface area contributed by atoms with Crippen molar-refractivity contribution < 1.29 is 0 Å². The van der Waals surface area contributed by atoms with Gasteiger partial charge in [0.05, 0.1) is 10.7 Å². The van der Waals surface area contributed by atoms with Gasteiger partial charge in [-0.1, -0.05) is 41.4 Å². The monoisotopic (exact) mass is 354 g/mol. The van der Waals surface area contributed by atoms with Crippen LogP contribution < -0.4 is 10.6 Å². The molecule has 2 rings (SSSR count). The molecule has 106 valence electrons. The highest BCUT2D eigenvalue weighted by atomic mass is 79.9. The molecule has 0 amide bonds. The van der Waals surface area contributed by atoms with Gasteiger partial charge in [0, 0.05) is 17.1 Å². The number of anilines is 3. The SMILES string of the molecule is CNc1ncnc(Nc2ccc(Br)cc2Cl)c1C(C)C. The molecule has 2 N–H and O–H groups in total. The standard InChI is InChI=1S/C14H16BrClN4/c1-8(2)12-13(17-3)18-7-19-14(12)20-11-5-4-9(15)6-10(11)16/h4-8H,1-3H3,(H2,17,18,19,20). The molecule has 4 nitrogen and oxygen atoms in total. The van der Waals surface area contributed by atoms with Gasteiger partial charge in [0.2, 0.25) is 0 Å². The Labute approximate surface area is 132 Å². The first-order chi connectivity index (χ1) is 9.52. The third-order valence-electron chi connectivity index (χ3n) is 2.88. The number of hydrogen-bond acceptors (Lipinski definition) is 4. The summed E-state index contributed by atoms with van der Waals surface area (Å²) in [6.07, 6.45) is 1.53. The van der Waals surface area contributed by atoms with Crippen molar-refractivity contribution in [2.45, 2.75) is 19.8 Å². The first kappa shape index (κ1) is 15.1. The van der Waals surface area contributed by atoms with E-state index in [1.54, 1.807) is 0 Å². The van der Waals surface area contributed by atoms with Gasteiger partial charge in [-0.15, -0.1) is 0 Å². The van der Waals surface area contributed by atoms with Crippen LogP contribution in [0, 0.1) is 0 Å². The predicted octanol–water partition coefficient (Wildman–Crippen LogP) is 4.80. The first-order valence-electron chi connectivity index (χ1n) is 6.27. The minimum absolute atomic E-state index is 0.287. The zero-order valence-corrected chi connectivity index (χ0v) is 13.9. The van der Waals surface area contributed by atoms with Gasteiger partial charge in [-0.05, 0) is 24.1 Å². The summed E-state index contributed by atoms with van der Waals surface area (Å²) in [4.78, 5) is 8.59. The molecule has 0 aliphatic rings. The van der Waals surface area contributed by atoms with Gasteiger partial charge < -0.3 is 10.6 Å². The molecular weight excluding hydrogens is 340 g/mol. The fourth-order valence-electron chi connectivity index (χ4n) is 1.96. The van der Waals surface area contributed by atoms with Crippen LogP contribution in [-0.2, 0) is 0 Å². The van der Waals surface area contributed by atoms with Gasteiger partial charge in [-0.25, -0.2) is 9.97 Å². The van der Waals surface area contributed by atoms with Crippen LogP contribution in [0.25, 0.3) is 0 Å². The molecule has 1 aromatic heterocycles. The number of nitrogens with zero attached hydrogens (tertiary/aromatic N) is 2. The molecular formula is C14H16BrClN4. The van der Waals surface area contributed by atoms with Crippen molar-refractivity contribution in [2.75, 3.05) is 17.7 Å². The molecule has 1 aromatic carbocycles. The van der Waals surface area contributed by atoms with Crippen molar-refractivity contribution in [2.24, 2.45) is 0 Å². The van der Waals surface area contributed by atoms with E-state index in [0.29, 0.717) is 5.02 Å². The van der Waals surface area contributed by atoms with Gasteiger partial charge in [0.1, 0.15) is 18.0 Å². The molecule has 0 radical (unpaired) electrons. The second-order valence-corrected chi connectivity index (χ2v) is 5.96. The summed E-state index contributed by atoms with van der Waals surface area (Å²) in [5.41, 5.74) is 1.85. The molecule has 2 aromatic rings. The van der Waals surface area contributed by atoms with Crippen molar-refractivity contribution in [1.29, 1.82) is 0 Å². The van der Waals surface area contributed by atoms with E-state index in [4.69, 9.17) is 11.6 Å². The summed E-state index contributed by atoms with van der Waals surface area (Å²) < 4.78 is 0.940. The zero-order chi connectivity index (χ0) is 14.7. The van der Waals surface area contributed by atoms with Crippen LogP contribution in [0.5, 0.6) is 0 Å². The Balaban J connectivity index is 2.43. The topological polar surface area (TPSA) is 49.8 Å². The summed E-state index contributed by atoms with van der Waals surface area (Å²) >= 11 is 9.63. The molecule has 0 bridgehead atoms. The molecule has 1 heterocycles. The summed E-state index contributed by atoms with van der Waals surface area (Å²) in [6.45, 7) is 4.21. The molecule has 0 spiro atoms. The smallest absolute Gasteiger partial charge is 0.139 e. The lowest BCUT2D eigenvalue weighted by molar-refractivity contribution is 0.852. The van der Waals surface area contributed by atoms with E-state index in [1.165, 1.54) is 6.33 Å². The zero-order valence-electron chi connectivity index (χ0n) is 11.5. The Bertz CT molecular complexity index is 616. The van der Waals surface area contributed by atoms with Crippen LogP contribution in [0.15, 0.2) is 29.0 Å². The number of aromatic nitrogens is 2. The quantitative estimate of drug-likeness (QED) is 0.827. The van der Waals surface area contributed by atoms with Crippen LogP contribution in [0.3, 0.4) is 0 Å². The highest BCUT2D eigenvalue weighted by Crippen LogP contribution is 2.33. The highest BCUT2D eigenvalue weighted by Gasteiger charge is 2.15. The van der Waals surface area contributed by atoms with Crippen molar-refractivity contribution in [3.05, 3.63) is 39.6 Å². The predicted molar refractivity (Wildman–Crippen MR) is 88.1 cm³/mol. The largest absolute Gasteiger partial charge is 0.373 e. The van der Waals surface area contributed by atoms with Crippen LogP contribution in [0.4, 0.5) is 17.3 Å². The lowest BCUT2D eigenvalue weighted by Crippen LogP contribution is -2.07. The fourth-order valence-corrected chi connectivity index (χ4v) is 2.68. The second kappa shape index (κ2) is 6.41. The molecule has 0 atom stereocenters. The van der Waals surface area contributed by atoms with E-state index >= 15 is 0 Å². The maximum Gasteiger partial charge on any atom is 0.139 e. The van der Waals surface area contributed by atoms with Crippen molar-refractivity contribution in [3.8, 4) is 0 Å². The molecule has 0 aliphatic carbocycles. The van der Waals surface area contributed by atoms with Crippen LogP contribution in [0.1, 0.15) is 25.3 Å². The maximum atomic E-state index is 6.23. The Kier molecular flexibility index (Phi) is 4.83. The first-order valence-corrected chi connectivity index (χ1v) is 7.44. The number of halogens is 2. The minimum atomic E-state index is 0.287. The average Bonchev–Trinajstić information content (AvgIpc) is 2.41. The highest BCUT2D eigenvalue weighted by molar-refractivity contribution is 9.10. The fraction of sp³-hybridized carbons (Fsp3) is 0.286. The van der Waals surface area contributed by atoms with Crippen LogP contribution >= 0.6 is 27.5 Å². The summed E-state index contributed by atoms with van der Waals surface area (Å²) in [5, 5.41) is 7.01. The molecule has 0 fully saturated rings. The molecule has 6 heteroatoms. The summed E-state index contributed by atoms with van der Waals surface area (Å²) in [7, 11) is 1.85.